The van der Waals surface area contributed by atoms with Crippen molar-refractivity contribution in [2.75, 3.05) is 38.1 Å². The molecule has 0 unspecified atom stereocenters. The molecular formula is C21H28N4O. The highest BCUT2D eigenvalue weighted by molar-refractivity contribution is 5.94. The van der Waals surface area contributed by atoms with E-state index in [2.05, 4.69) is 59.9 Å². The molecule has 1 aromatic carbocycles. The van der Waals surface area contributed by atoms with Gasteiger partial charge in [-0.25, -0.2) is 0 Å². The highest BCUT2D eigenvalue weighted by Crippen LogP contribution is 2.21. The highest BCUT2D eigenvalue weighted by atomic mass is 16.2. The third kappa shape index (κ3) is 4.41. The lowest BCUT2D eigenvalue weighted by molar-refractivity contribution is 0.0663. The molecule has 0 saturated carbocycles. The van der Waals surface area contributed by atoms with Crippen LogP contribution in [-0.2, 0) is 6.54 Å². The molecule has 0 spiro atoms. The molecule has 0 aliphatic carbocycles. The van der Waals surface area contributed by atoms with Gasteiger partial charge in [0.25, 0.3) is 5.91 Å². The number of carbonyl (C=O) groups excluding carboxylic acids is 1. The van der Waals surface area contributed by atoms with Gasteiger partial charge in [-0.3, -0.25) is 9.78 Å². The molecule has 138 valence electrons. The number of hydrogen-bond donors (Lipinski definition) is 0. The van der Waals surface area contributed by atoms with Gasteiger partial charge in [0, 0.05) is 45.0 Å². The van der Waals surface area contributed by atoms with Crippen LogP contribution in [0.3, 0.4) is 0 Å². The summed E-state index contributed by atoms with van der Waals surface area (Å²) in [5, 5.41) is 0. The molecule has 26 heavy (non-hydrogen) atoms. The van der Waals surface area contributed by atoms with Crippen LogP contribution in [0.2, 0.25) is 0 Å². The third-order valence-electron chi connectivity index (χ3n) is 4.91. The van der Waals surface area contributed by atoms with E-state index in [0.29, 0.717) is 11.6 Å². The number of anilines is 1. The van der Waals surface area contributed by atoms with E-state index >= 15 is 0 Å². The largest absolute Gasteiger partial charge is 0.364 e. The Labute approximate surface area is 156 Å². The Kier molecular flexibility index (Phi) is 5.89. The summed E-state index contributed by atoms with van der Waals surface area (Å²) in [5.74, 6) is 0.0795. The van der Waals surface area contributed by atoms with E-state index in [1.54, 1.807) is 6.20 Å². The molecular weight excluding hydrogens is 324 g/mol. The molecule has 0 radical (unpaired) electrons. The molecule has 1 aromatic heterocycles. The number of aromatic nitrogens is 1. The predicted molar refractivity (Wildman–Crippen MR) is 105 cm³/mol. The standard InChI is InChI=1S/C21H28N4O/c1-17(2)25(16-18-7-5-4-6-8-18)20-13-19(14-22-15-20)21(26)24-11-9-23(3)10-12-24/h4-8,13-15,17H,9-12,16H2,1-3H3. The summed E-state index contributed by atoms with van der Waals surface area (Å²) in [5.41, 5.74) is 2.91. The minimum absolute atomic E-state index is 0.0795. The van der Waals surface area contributed by atoms with Crippen molar-refractivity contribution >= 4 is 11.6 Å². The van der Waals surface area contributed by atoms with Gasteiger partial charge in [0.15, 0.2) is 0 Å². The normalized spacial score (nSPS) is 15.3. The topological polar surface area (TPSA) is 39.7 Å². The van der Waals surface area contributed by atoms with Gasteiger partial charge < -0.3 is 14.7 Å². The van der Waals surface area contributed by atoms with Gasteiger partial charge in [-0.2, -0.15) is 0 Å². The van der Waals surface area contributed by atoms with Gasteiger partial charge in [-0.1, -0.05) is 30.3 Å². The molecule has 2 aromatic rings. The second-order valence-electron chi connectivity index (χ2n) is 7.23. The smallest absolute Gasteiger partial charge is 0.255 e. The first-order valence-corrected chi connectivity index (χ1v) is 9.28. The van der Waals surface area contributed by atoms with Gasteiger partial charge in [-0.05, 0) is 32.5 Å². The van der Waals surface area contributed by atoms with Gasteiger partial charge in [-0.15, -0.1) is 0 Å². The molecule has 0 atom stereocenters. The van der Waals surface area contributed by atoms with Crippen LogP contribution in [0.25, 0.3) is 0 Å². The zero-order chi connectivity index (χ0) is 18.5. The Bertz CT molecular complexity index is 724. The summed E-state index contributed by atoms with van der Waals surface area (Å²) in [4.78, 5) is 23.7. The lowest BCUT2D eigenvalue weighted by atomic mass is 10.1. The first kappa shape index (κ1) is 18.4. The lowest BCUT2D eigenvalue weighted by Gasteiger charge is -2.33. The van der Waals surface area contributed by atoms with E-state index in [0.717, 1.165) is 38.4 Å². The first-order valence-electron chi connectivity index (χ1n) is 9.28. The fourth-order valence-electron chi connectivity index (χ4n) is 3.25. The number of rotatable bonds is 5. The van der Waals surface area contributed by atoms with E-state index in [1.165, 1.54) is 5.56 Å². The SMILES string of the molecule is CC(C)N(Cc1ccccc1)c1cncc(C(=O)N2CCN(C)CC2)c1. The van der Waals surface area contributed by atoms with E-state index in [9.17, 15) is 4.79 Å². The minimum atomic E-state index is 0.0795. The lowest BCUT2D eigenvalue weighted by Crippen LogP contribution is -2.47. The van der Waals surface area contributed by atoms with E-state index < -0.39 is 0 Å². The van der Waals surface area contributed by atoms with Crippen LogP contribution < -0.4 is 4.90 Å². The van der Waals surface area contributed by atoms with Crippen LogP contribution in [0, 0.1) is 0 Å². The monoisotopic (exact) mass is 352 g/mol. The molecule has 0 N–H and O–H groups in total. The fourth-order valence-corrected chi connectivity index (χ4v) is 3.25. The summed E-state index contributed by atoms with van der Waals surface area (Å²) in [7, 11) is 2.09. The van der Waals surface area contributed by atoms with Crippen LogP contribution in [-0.4, -0.2) is 60.0 Å². The van der Waals surface area contributed by atoms with Crippen molar-refractivity contribution in [2.45, 2.75) is 26.4 Å². The van der Waals surface area contributed by atoms with Crippen LogP contribution in [0.4, 0.5) is 5.69 Å². The van der Waals surface area contributed by atoms with E-state index in [-0.39, 0.29) is 5.91 Å². The van der Waals surface area contributed by atoms with Gasteiger partial charge >= 0.3 is 0 Å². The molecule has 5 heteroatoms. The Balaban J connectivity index is 1.79. The van der Waals surface area contributed by atoms with E-state index in [4.69, 9.17) is 0 Å². The number of likely N-dealkylation sites (N-methyl/N-ethyl adjacent to an activating group) is 1. The Hall–Kier alpha value is -2.40. The van der Waals surface area contributed by atoms with Crippen LogP contribution in [0.1, 0.15) is 29.8 Å². The van der Waals surface area contributed by atoms with Crippen LogP contribution in [0.15, 0.2) is 48.8 Å². The molecule has 1 aliphatic rings. The number of hydrogen-bond acceptors (Lipinski definition) is 4. The maximum atomic E-state index is 12.9. The summed E-state index contributed by atoms with van der Waals surface area (Å²) in [6, 6.07) is 12.7. The average molecular weight is 352 g/mol. The average Bonchev–Trinajstić information content (AvgIpc) is 2.67. The first-order chi connectivity index (χ1) is 12.5. The van der Waals surface area contributed by atoms with Crippen molar-refractivity contribution in [3.63, 3.8) is 0 Å². The van der Waals surface area contributed by atoms with Gasteiger partial charge in [0.05, 0.1) is 17.4 Å². The van der Waals surface area contributed by atoms with Crippen LogP contribution >= 0.6 is 0 Å². The maximum absolute atomic E-state index is 12.9. The molecule has 1 aliphatic heterocycles. The number of amides is 1. The minimum Gasteiger partial charge on any atom is -0.364 e. The zero-order valence-corrected chi connectivity index (χ0v) is 15.9. The number of benzene rings is 1. The predicted octanol–water partition coefficient (Wildman–Crippen LogP) is 2.88. The Morgan fingerprint density at radius 2 is 1.81 bits per heavy atom. The van der Waals surface area contributed by atoms with Crippen molar-refractivity contribution in [3.8, 4) is 0 Å². The Morgan fingerprint density at radius 3 is 2.46 bits per heavy atom. The molecule has 3 rings (SSSR count). The van der Waals surface area contributed by atoms with E-state index in [1.807, 2.05) is 23.2 Å². The zero-order valence-electron chi connectivity index (χ0n) is 15.9. The quantitative estimate of drug-likeness (QED) is 0.830. The Morgan fingerprint density at radius 1 is 1.12 bits per heavy atom. The van der Waals surface area contributed by atoms with Crippen LogP contribution in [0.5, 0.6) is 0 Å². The molecule has 1 saturated heterocycles. The van der Waals surface area contributed by atoms with Crippen molar-refractivity contribution < 1.29 is 4.79 Å². The summed E-state index contributed by atoms with van der Waals surface area (Å²) in [6.07, 6.45) is 3.54. The molecule has 0 bridgehead atoms. The second-order valence-corrected chi connectivity index (χ2v) is 7.23. The number of nitrogens with zero attached hydrogens (tertiary/aromatic N) is 4. The maximum Gasteiger partial charge on any atom is 0.255 e. The summed E-state index contributed by atoms with van der Waals surface area (Å²) >= 11 is 0. The van der Waals surface area contributed by atoms with Gasteiger partial charge in [0.1, 0.15) is 0 Å². The second kappa shape index (κ2) is 8.32. The summed E-state index contributed by atoms with van der Waals surface area (Å²) in [6.45, 7) is 8.52. The summed E-state index contributed by atoms with van der Waals surface area (Å²) < 4.78 is 0. The van der Waals surface area contributed by atoms with Crippen molar-refractivity contribution in [2.24, 2.45) is 0 Å². The number of carbonyl (C=O) groups is 1. The molecule has 2 heterocycles. The van der Waals surface area contributed by atoms with Crippen molar-refractivity contribution in [3.05, 3.63) is 59.9 Å². The highest BCUT2D eigenvalue weighted by Gasteiger charge is 2.22. The molecule has 5 nitrogen and oxygen atoms in total. The number of pyridine rings is 1. The number of piperazine rings is 1. The molecule has 1 fully saturated rings. The fraction of sp³-hybridized carbons (Fsp3) is 0.429. The third-order valence-corrected chi connectivity index (χ3v) is 4.91. The van der Waals surface area contributed by atoms with Crippen molar-refractivity contribution in [1.82, 2.24) is 14.8 Å². The van der Waals surface area contributed by atoms with Gasteiger partial charge in [0.2, 0.25) is 0 Å². The molecule has 1 amide bonds. The van der Waals surface area contributed by atoms with Crippen molar-refractivity contribution in [1.29, 1.82) is 0 Å².